The lowest BCUT2D eigenvalue weighted by atomic mass is 9.89. The van der Waals surface area contributed by atoms with Crippen molar-refractivity contribution in [3.05, 3.63) is 57.3 Å². The van der Waals surface area contributed by atoms with Crippen LogP contribution in [-0.4, -0.2) is 47.0 Å². The van der Waals surface area contributed by atoms with Crippen LogP contribution in [0.1, 0.15) is 62.3 Å². The van der Waals surface area contributed by atoms with Gasteiger partial charge in [0, 0.05) is 18.8 Å². The number of likely N-dealkylation sites (tertiary alicyclic amines) is 1. The Balaban J connectivity index is 1.73. The highest BCUT2D eigenvalue weighted by Crippen LogP contribution is 2.46. The van der Waals surface area contributed by atoms with Crippen LogP contribution < -0.4 is 0 Å². The fraction of sp³-hybridized carbons (Fsp3) is 0.500. The van der Waals surface area contributed by atoms with Gasteiger partial charge in [-0.05, 0) is 55.6 Å². The van der Waals surface area contributed by atoms with E-state index in [0.29, 0.717) is 24.3 Å². The molecule has 3 heterocycles. The van der Waals surface area contributed by atoms with Crippen LogP contribution in [-0.2, 0) is 14.3 Å². The van der Waals surface area contributed by atoms with Gasteiger partial charge in [-0.1, -0.05) is 49.4 Å². The summed E-state index contributed by atoms with van der Waals surface area (Å²) >= 11 is 1.53. The summed E-state index contributed by atoms with van der Waals surface area (Å²) in [6, 6.07) is 5.93. The van der Waals surface area contributed by atoms with E-state index < -0.39 is 0 Å². The first-order chi connectivity index (χ1) is 15.8. The SMILES string of the molecule is CCC1=C(C(=O)OC)[C@H](c2cc(C)ccc2C)N2C(CC(=O)N3CCC(C)CC3)=CSC2=N1. The summed E-state index contributed by atoms with van der Waals surface area (Å²) in [5, 5.41) is 2.84. The van der Waals surface area contributed by atoms with Crippen LogP contribution in [0.15, 0.2) is 45.6 Å². The van der Waals surface area contributed by atoms with Crippen molar-refractivity contribution in [2.45, 2.75) is 59.4 Å². The lowest BCUT2D eigenvalue weighted by molar-refractivity contribution is -0.136. The number of fused-ring (bicyclic) bond motifs is 1. The molecular weight excluding hydrogens is 434 g/mol. The zero-order valence-corrected chi connectivity index (χ0v) is 21.0. The second-order valence-electron chi connectivity index (χ2n) is 9.20. The van der Waals surface area contributed by atoms with Crippen LogP contribution in [0.5, 0.6) is 0 Å². The number of thioether (sulfide) groups is 1. The number of amides is 1. The van der Waals surface area contributed by atoms with Crippen molar-refractivity contribution in [2.75, 3.05) is 20.2 Å². The van der Waals surface area contributed by atoms with E-state index >= 15 is 0 Å². The Morgan fingerprint density at radius 2 is 1.94 bits per heavy atom. The number of amidine groups is 1. The Kier molecular flexibility index (Phi) is 6.98. The number of nitrogens with zero attached hydrogens (tertiary/aromatic N) is 3. The average molecular weight is 468 g/mol. The quantitative estimate of drug-likeness (QED) is 0.565. The van der Waals surface area contributed by atoms with Gasteiger partial charge in [-0.2, -0.15) is 0 Å². The number of ether oxygens (including phenoxy) is 1. The van der Waals surface area contributed by atoms with Gasteiger partial charge in [0.05, 0.1) is 30.8 Å². The van der Waals surface area contributed by atoms with Gasteiger partial charge in [-0.15, -0.1) is 0 Å². The monoisotopic (exact) mass is 467 g/mol. The minimum absolute atomic E-state index is 0.139. The molecule has 3 aliphatic rings. The molecule has 7 heteroatoms. The van der Waals surface area contributed by atoms with Crippen molar-refractivity contribution in [1.82, 2.24) is 9.80 Å². The Labute approximate surface area is 200 Å². The molecule has 1 aromatic carbocycles. The summed E-state index contributed by atoms with van der Waals surface area (Å²) in [5.41, 5.74) is 5.46. The summed E-state index contributed by atoms with van der Waals surface area (Å²) in [7, 11) is 1.42. The molecule has 4 rings (SSSR count). The maximum Gasteiger partial charge on any atom is 0.338 e. The van der Waals surface area contributed by atoms with Crippen LogP contribution in [0, 0.1) is 19.8 Å². The minimum atomic E-state index is -0.367. The van der Waals surface area contributed by atoms with Crippen LogP contribution in [0.25, 0.3) is 0 Å². The molecule has 33 heavy (non-hydrogen) atoms. The fourth-order valence-electron chi connectivity index (χ4n) is 4.79. The van der Waals surface area contributed by atoms with Crippen molar-refractivity contribution < 1.29 is 14.3 Å². The second-order valence-corrected chi connectivity index (χ2v) is 10.0. The van der Waals surface area contributed by atoms with Crippen LogP contribution in [0.3, 0.4) is 0 Å². The number of benzene rings is 1. The average Bonchev–Trinajstić information content (AvgIpc) is 3.21. The van der Waals surface area contributed by atoms with E-state index in [0.717, 1.165) is 59.2 Å². The summed E-state index contributed by atoms with van der Waals surface area (Å²) < 4.78 is 5.22. The summed E-state index contributed by atoms with van der Waals surface area (Å²) in [5.74, 6) is 0.442. The van der Waals surface area contributed by atoms with Gasteiger partial charge in [-0.25, -0.2) is 9.79 Å². The van der Waals surface area contributed by atoms with E-state index in [1.807, 2.05) is 17.2 Å². The van der Waals surface area contributed by atoms with Crippen LogP contribution >= 0.6 is 11.8 Å². The number of carbonyl (C=O) groups is 2. The highest BCUT2D eigenvalue weighted by molar-refractivity contribution is 8.16. The number of rotatable bonds is 5. The van der Waals surface area contributed by atoms with Crippen LogP contribution in [0.2, 0.25) is 0 Å². The van der Waals surface area contributed by atoms with Crippen molar-refractivity contribution in [2.24, 2.45) is 10.9 Å². The molecular formula is C26H33N3O3S. The molecule has 1 aromatic rings. The molecule has 0 aliphatic carbocycles. The number of methoxy groups -OCH3 is 1. The van der Waals surface area contributed by atoms with Gasteiger partial charge in [0.2, 0.25) is 5.91 Å². The molecule has 1 amide bonds. The normalized spacial score (nSPS) is 21.1. The molecule has 0 bridgehead atoms. The number of allylic oxidation sites excluding steroid dienone is 1. The van der Waals surface area contributed by atoms with Crippen molar-refractivity contribution >= 4 is 28.8 Å². The lowest BCUT2D eigenvalue weighted by Crippen LogP contribution is -2.41. The molecule has 6 nitrogen and oxygen atoms in total. The summed E-state index contributed by atoms with van der Waals surface area (Å²) in [6.07, 6.45) is 3.04. The topological polar surface area (TPSA) is 62.2 Å². The van der Waals surface area contributed by atoms with Crippen molar-refractivity contribution in [1.29, 1.82) is 0 Å². The first-order valence-corrected chi connectivity index (χ1v) is 12.6. The predicted octanol–water partition coefficient (Wildman–Crippen LogP) is 5.09. The maximum atomic E-state index is 13.2. The Morgan fingerprint density at radius 1 is 1.21 bits per heavy atom. The predicted molar refractivity (Wildman–Crippen MR) is 133 cm³/mol. The number of hydrogen-bond acceptors (Lipinski definition) is 6. The third kappa shape index (κ3) is 4.60. The molecule has 1 atom stereocenters. The molecule has 0 aromatic heterocycles. The molecule has 3 aliphatic heterocycles. The Bertz CT molecular complexity index is 1050. The van der Waals surface area contributed by atoms with Gasteiger partial charge in [-0.3, -0.25) is 4.79 Å². The molecule has 176 valence electrons. The van der Waals surface area contributed by atoms with E-state index in [1.165, 1.54) is 18.9 Å². The summed E-state index contributed by atoms with van der Waals surface area (Å²) in [4.78, 5) is 35.1. The maximum absolute atomic E-state index is 13.2. The van der Waals surface area contributed by atoms with Gasteiger partial charge in [0.1, 0.15) is 0 Å². The van der Waals surface area contributed by atoms with E-state index in [-0.39, 0.29) is 17.9 Å². The Morgan fingerprint density at radius 3 is 2.61 bits per heavy atom. The lowest BCUT2D eigenvalue weighted by Gasteiger charge is -2.38. The molecule has 0 unspecified atom stereocenters. The zero-order chi connectivity index (χ0) is 23.7. The van der Waals surface area contributed by atoms with Gasteiger partial charge < -0.3 is 14.5 Å². The third-order valence-corrected chi connectivity index (χ3v) is 7.72. The van der Waals surface area contributed by atoms with E-state index in [9.17, 15) is 9.59 Å². The third-order valence-electron chi connectivity index (χ3n) is 6.83. The molecule has 0 N–H and O–H groups in total. The zero-order valence-electron chi connectivity index (χ0n) is 20.2. The van der Waals surface area contributed by atoms with E-state index in [2.05, 4.69) is 43.9 Å². The highest BCUT2D eigenvalue weighted by atomic mass is 32.2. The van der Waals surface area contributed by atoms with Crippen molar-refractivity contribution in [3.63, 3.8) is 0 Å². The smallest absolute Gasteiger partial charge is 0.338 e. The fourth-order valence-corrected chi connectivity index (χ4v) is 5.72. The van der Waals surface area contributed by atoms with Gasteiger partial charge in [0.25, 0.3) is 0 Å². The molecule has 0 radical (unpaired) electrons. The Hall–Kier alpha value is -2.54. The number of hydrogen-bond donors (Lipinski definition) is 0. The van der Waals surface area contributed by atoms with Gasteiger partial charge >= 0.3 is 5.97 Å². The van der Waals surface area contributed by atoms with Crippen molar-refractivity contribution in [3.8, 4) is 0 Å². The molecule has 0 saturated carbocycles. The number of piperidine rings is 1. The molecule has 1 fully saturated rings. The van der Waals surface area contributed by atoms with E-state index in [4.69, 9.17) is 9.73 Å². The largest absolute Gasteiger partial charge is 0.466 e. The number of esters is 1. The standard InChI is InChI=1S/C26H33N3O3S/c1-6-21-23(25(31)32-5)24(20-13-17(3)7-8-18(20)4)29-19(15-33-26(29)27-21)14-22(30)28-11-9-16(2)10-12-28/h7-8,13,15-16,24H,6,9-12,14H2,1-5H3/t24-/m0/s1. The van der Waals surface area contributed by atoms with Crippen LogP contribution in [0.4, 0.5) is 0 Å². The second kappa shape index (κ2) is 9.75. The first kappa shape index (κ1) is 23.6. The van der Waals surface area contributed by atoms with Gasteiger partial charge in [0.15, 0.2) is 5.17 Å². The molecule has 0 spiro atoms. The first-order valence-electron chi connectivity index (χ1n) is 11.7. The molecule has 1 saturated heterocycles. The summed E-state index contributed by atoms with van der Waals surface area (Å²) in [6.45, 7) is 10.00. The number of aliphatic imine (C=N–C) groups is 1. The van der Waals surface area contributed by atoms with E-state index in [1.54, 1.807) is 0 Å². The number of carbonyl (C=O) groups excluding carboxylic acids is 2. The number of aryl methyl sites for hydroxylation is 2. The minimum Gasteiger partial charge on any atom is -0.466 e. The highest BCUT2D eigenvalue weighted by Gasteiger charge is 2.42.